The van der Waals surface area contributed by atoms with E-state index in [1.54, 1.807) is 5.48 Å². The molecule has 3 N–H and O–H groups in total. The van der Waals surface area contributed by atoms with Gasteiger partial charge in [-0.05, 0) is 31.9 Å². The van der Waals surface area contributed by atoms with Crippen LogP contribution in [0, 0.1) is 6.92 Å². The molecular formula is C18H30N2O3. The van der Waals surface area contributed by atoms with E-state index < -0.39 is 0 Å². The third-order valence-corrected chi connectivity index (χ3v) is 3.02. The Morgan fingerprint density at radius 1 is 0.913 bits per heavy atom. The second kappa shape index (κ2) is 13.8. The molecule has 2 amide bonds. The van der Waals surface area contributed by atoms with Crippen molar-refractivity contribution in [2.24, 2.45) is 0 Å². The Morgan fingerprint density at radius 3 is 1.87 bits per heavy atom. The molecule has 0 saturated heterocycles. The molecule has 0 heterocycles. The minimum atomic E-state index is -0.359. The molecule has 23 heavy (non-hydrogen) atoms. The van der Waals surface area contributed by atoms with Crippen LogP contribution in [0.3, 0.4) is 0 Å². The van der Waals surface area contributed by atoms with Crippen LogP contribution in [0.5, 0.6) is 0 Å². The number of hydroxylamine groups is 1. The minimum absolute atomic E-state index is 0.0157. The average molecular weight is 322 g/mol. The maximum atomic E-state index is 11.7. The lowest BCUT2D eigenvalue weighted by atomic mass is 10.1. The van der Waals surface area contributed by atoms with E-state index in [9.17, 15) is 9.59 Å². The number of hydrogen-bond donors (Lipinski definition) is 3. The van der Waals surface area contributed by atoms with Gasteiger partial charge in [-0.25, -0.2) is 5.48 Å². The molecule has 0 aromatic heterocycles. The van der Waals surface area contributed by atoms with E-state index >= 15 is 0 Å². The van der Waals surface area contributed by atoms with E-state index in [0.29, 0.717) is 12.8 Å². The van der Waals surface area contributed by atoms with E-state index in [-0.39, 0.29) is 11.8 Å². The highest BCUT2D eigenvalue weighted by atomic mass is 16.5. The molecule has 1 rings (SSSR count). The van der Waals surface area contributed by atoms with Crippen molar-refractivity contribution in [3.8, 4) is 0 Å². The van der Waals surface area contributed by atoms with Crippen molar-refractivity contribution >= 4 is 17.5 Å². The number of carbonyl (C=O) groups is 2. The first-order valence-corrected chi connectivity index (χ1v) is 8.32. The number of benzene rings is 1. The molecule has 0 saturated carbocycles. The van der Waals surface area contributed by atoms with Crippen LogP contribution in [-0.2, 0) is 9.59 Å². The fourth-order valence-corrected chi connectivity index (χ4v) is 1.84. The third kappa shape index (κ3) is 12.4. The maximum Gasteiger partial charge on any atom is 0.243 e. The van der Waals surface area contributed by atoms with Crippen molar-refractivity contribution in [2.75, 3.05) is 5.32 Å². The summed E-state index contributed by atoms with van der Waals surface area (Å²) in [4.78, 5) is 22.4. The fraction of sp³-hybridized carbons (Fsp3) is 0.556. The molecule has 0 aliphatic heterocycles. The highest BCUT2D eigenvalue weighted by Gasteiger charge is 2.03. The van der Waals surface area contributed by atoms with Crippen molar-refractivity contribution in [1.29, 1.82) is 0 Å². The van der Waals surface area contributed by atoms with Gasteiger partial charge in [-0.3, -0.25) is 14.8 Å². The molecule has 1 aromatic rings. The van der Waals surface area contributed by atoms with Crippen molar-refractivity contribution in [3.05, 3.63) is 29.8 Å². The summed E-state index contributed by atoms with van der Waals surface area (Å²) in [6.07, 6.45) is 5.38. The first-order valence-electron chi connectivity index (χ1n) is 8.32. The first kappa shape index (κ1) is 21.1. The van der Waals surface area contributed by atoms with Crippen LogP contribution in [-0.4, -0.2) is 17.0 Å². The van der Waals surface area contributed by atoms with Crippen molar-refractivity contribution < 1.29 is 14.8 Å². The van der Waals surface area contributed by atoms with Crippen LogP contribution in [0.25, 0.3) is 0 Å². The summed E-state index contributed by atoms with van der Waals surface area (Å²) < 4.78 is 0. The second-order valence-electron chi connectivity index (χ2n) is 5.57. The molecule has 0 atom stereocenters. The number of rotatable bonds is 8. The SMILES string of the molecule is CCC.Cc1ccc(NC(=O)CCCCCCC(=O)NO)cc1. The van der Waals surface area contributed by atoms with Gasteiger partial charge in [0.05, 0.1) is 0 Å². The molecule has 0 fully saturated rings. The quantitative estimate of drug-likeness (QED) is 0.381. The van der Waals surface area contributed by atoms with Crippen LogP contribution < -0.4 is 10.8 Å². The molecule has 0 radical (unpaired) electrons. The van der Waals surface area contributed by atoms with Gasteiger partial charge in [0.25, 0.3) is 0 Å². The Balaban J connectivity index is 0.00000149. The lowest BCUT2D eigenvalue weighted by Gasteiger charge is -2.05. The summed E-state index contributed by atoms with van der Waals surface area (Å²) in [5, 5.41) is 11.2. The number of hydrogen-bond acceptors (Lipinski definition) is 3. The predicted octanol–water partition coefficient (Wildman–Crippen LogP) is 4.20. The van der Waals surface area contributed by atoms with Crippen LogP contribution in [0.15, 0.2) is 24.3 Å². The van der Waals surface area contributed by atoms with E-state index in [0.717, 1.165) is 36.9 Å². The van der Waals surface area contributed by atoms with E-state index in [1.165, 1.54) is 6.42 Å². The zero-order valence-corrected chi connectivity index (χ0v) is 14.5. The zero-order valence-electron chi connectivity index (χ0n) is 14.5. The number of carbonyl (C=O) groups excluding carboxylic acids is 2. The first-order chi connectivity index (χ1) is 11.0. The van der Waals surface area contributed by atoms with Gasteiger partial charge in [0.15, 0.2) is 0 Å². The van der Waals surface area contributed by atoms with Crippen molar-refractivity contribution in [2.45, 2.75) is 65.7 Å². The Labute approximate surface area is 139 Å². The Morgan fingerprint density at radius 2 is 1.39 bits per heavy atom. The van der Waals surface area contributed by atoms with Gasteiger partial charge >= 0.3 is 0 Å². The normalized spacial score (nSPS) is 9.57. The largest absolute Gasteiger partial charge is 0.326 e. The molecule has 0 aliphatic rings. The number of aryl methyl sites for hydroxylation is 1. The smallest absolute Gasteiger partial charge is 0.243 e. The van der Waals surface area contributed by atoms with Crippen LogP contribution in [0.4, 0.5) is 5.69 Å². The molecular weight excluding hydrogens is 292 g/mol. The molecule has 5 heteroatoms. The maximum absolute atomic E-state index is 11.7. The summed E-state index contributed by atoms with van der Waals surface area (Å²) >= 11 is 0. The molecule has 1 aromatic carbocycles. The molecule has 0 spiro atoms. The second-order valence-corrected chi connectivity index (χ2v) is 5.57. The number of unbranched alkanes of at least 4 members (excludes halogenated alkanes) is 3. The minimum Gasteiger partial charge on any atom is -0.326 e. The third-order valence-electron chi connectivity index (χ3n) is 3.02. The molecule has 0 bridgehead atoms. The average Bonchev–Trinajstić information content (AvgIpc) is 2.53. The van der Waals surface area contributed by atoms with Gasteiger partial charge in [-0.2, -0.15) is 0 Å². The summed E-state index contributed by atoms with van der Waals surface area (Å²) in [5.41, 5.74) is 3.58. The summed E-state index contributed by atoms with van der Waals surface area (Å²) in [6, 6.07) is 7.70. The van der Waals surface area contributed by atoms with Crippen molar-refractivity contribution in [1.82, 2.24) is 5.48 Å². The van der Waals surface area contributed by atoms with E-state index in [4.69, 9.17) is 5.21 Å². The van der Waals surface area contributed by atoms with Gasteiger partial charge < -0.3 is 5.32 Å². The van der Waals surface area contributed by atoms with Crippen LogP contribution in [0.1, 0.15) is 64.4 Å². The highest BCUT2D eigenvalue weighted by Crippen LogP contribution is 2.10. The molecule has 130 valence electrons. The summed E-state index contributed by atoms with van der Waals surface area (Å²) in [7, 11) is 0. The molecule has 0 aliphatic carbocycles. The standard InChI is InChI=1S/C15H22N2O3.C3H8/c1-12-8-10-13(11-9-12)16-14(18)6-4-2-3-5-7-15(19)17-20;1-3-2/h8-11,20H,2-7H2,1H3,(H,16,18)(H,17,19);3H2,1-2H3. The van der Waals surface area contributed by atoms with Crippen molar-refractivity contribution in [3.63, 3.8) is 0 Å². The fourth-order valence-electron chi connectivity index (χ4n) is 1.84. The molecule has 5 nitrogen and oxygen atoms in total. The van der Waals surface area contributed by atoms with Crippen LogP contribution >= 0.6 is 0 Å². The van der Waals surface area contributed by atoms with Crippen LogP contribution in [0.2, 0.25) is 0 Å². The number of amides is 2. The molecule has 0 unspecified atom stereocenters. The summed E-state index contributed by atoms with van der Waals surface area (Å²) in [5.74, 6) is -0.343. The van der Waals surface area contributed by atoms with Gasteiger partial charge in [-0.1, -0.05) is 50.8 Å². The predicted molar refractivity (Wildman–Crippen MR) is 93.4 cm³/mol. The number of anilines is 1. The van der Waals surface area contributed by atoms with Gasteiger partial charge in [0.2, 0.25) is 11.8 Å². The topological polar surface area (TPSA) is 78.4 Å². The van der Waals surface area contributed by atoms with Gasteiger partial charge in [0, 0.05) is 18.5 Å². The monoisotopic (exact) mass is 322 g/mol. The van der Waals surface area contributed by atoms with Gasteiger partial charge in [-0.15, -0.1) is 0 Å². The zero-order chi connectivity index (χ0) is 17.5. The van der Waals surface area contributed by atoms with E-state index in [1.807, 2.05) is 31.2 Å². The van der Waals surface area contributed by atoms with Gasteiger partial charge in [0.1, 0.15) is 0 Å². The van der Waals surface area contributed by atoms with E-state index in [2.05, 4.69) is 19.2 Å². The Bertz CT molecular complexity index is 444. The highest BCUT2D eigenvalue weighted by molar-refractivity contribution is 5.90. The Kier molecular flexibility index (Phi) is 12.6. The lowest BCUT2D eigenvalue weighted by Crippen LogP contribution is -2.17. The number of nitrogens with one attached hydrogen (secondary N) is 2. The lowest BCUT2D eigenvalue weighted by molar-refractivity contribution is -0.129. The summed E-state index contributed by atoms with van der Waals surface area (Å²) in [6.45, 7) is 6.25. The Hall–Kier alpha value is -1.88.